The molecule has 2 rings (SSSR count). The molecule has 1 N–H and O–H groups in total. The molecule has 0 saturated carbocycles. The van der Waals surface area contributed by atoms with Crippen LogP contribution in [-0.2, 0) is 17.0 Å². The van der Waals surface area contributed by atoms with E-state index in [9.17, 15) is 5.11 Å². The molecular weight excluding hydrogens is 255 g/mol. The van der Waals surface area contributed by atoms with Crippen molar-refractivity contribution in [1.29, 1.82) is 0 Å². The number of phenolic OH excluding ortho intramolecular Hbond substituents is 1. The van der Waals surface area contributed by atoms with Crippen molar-refractivity contribution in [3.05, 3.63) is 42.5 Å². The number of fused-ring (bicyclic) bond motifs is 1. The maximum absolute atomic E-state index is 9.37. The van der Waals surface area contributed by atoms with Crippen LogP contribution in [0.1, 0.15) is 0 Å². The Hall–Kier alpha value is -0.206. The average Bonchev–Trinajstić information content (AvgIpc) is 2.20. The predicted octanol–water partition coefficient (Wildman–Crippen LogP) is 3.92. The van der Waals surface area contributed by atoms with Crippen molar-refractivity contribution in [2.24, 2.45) is 0 Å². The molecule has 0 amide bonds. The summed E-state index contributed by atoms with van der Waals surface area (Å²) in [6.07, 6.45) is 0. The van der Waals surface area contributed by atoms with Gasteiger partial charge >= 0.3 is 35.6 Å². The van der Waals surface area contributed by atoms with Gasteiger partial charge in [0, 0.05) is 5.39 Å². The molecule has 0 bridgehead atoms. The third-order valence-corrected chi connectivity index (χ3v) is 1.77. The van der Waals surface area contributed by atoms with E-state index in [2.05, 4.69) is 0 Å². The van der Waals surface area contributed by atoms with E-state index in [1.165, 1.54) is 0 Å². The van der Waals surface area contributed by atoms with Crippen LogP contribution in [0.5, 0.6) is 5.75 Å². The summed E-state index contributed by atoms with van der Waals surface area (Å²) in [5.74, 6) is 0.350. The van der Waals surface area contributed by atoms with Gasteiger partial charge in [0.1, 0.15) is 5.75 Å². The molecular formula is C10H8Cl2OTi. The van der Waals surface area contributed by atoms with Crippen LogP contribution in [0.25, 0.3) is 10.8 Å². The summed E-state index contributed by atoms with van der Waals surface area (Å²) >= 11 is -0.556. The summed E-state index contributed by atoms with van der Waals surface area (Å²) < 4.78 is 0. The van der Waals surface area contributed by atoms with Crippen molar-refractivity contribution < 1.29 is 22.1 Å². The van der Waals surface area contributed by atoms with Gasteiger partial charge < -0.3 is 5.11 Å². The van der Waals surface area contributed by atoms with E-state index in [-0.39, 0.29) is 0 Å². The Balaban J connectivity index is 0.000000293. The number of aromatic hydroxyl groups is 1. The van der Waals surface area contributed by atoms with Crippen molar-refractivity contribution in [1.82, 2.24) is 0 Å². The number of hydrogen-bond donors (Lipinski definition) is 1. The fraction of sp³-hybridized carbons (Fsp3) is 0. The molecule has 0 fully saturated rings. The number of halogens is 2. The molecule has 1 nitrogen and oxygen atoms in total. The molecule has 2 aromatic rings. The number of rotatable bonds is 0. The van der Waals surface area contributed by atoms with Crippen LogP contribution < -0.4 is 0 Å². The molecule has 0 aliphatic carbocycles. The van der Waals surface area contributed by atoms with Gasteiger partial charge in [-0.3, -0.25) is 0 Å². The molecule has 0 saturated heterocycles. The van der Waals surface area contributed by atoms with Crippen LogP contribution in [-0.4, -0.2) is 5.11 Å². The SMILES string of the molecule is Oc1cccc2ccccc12.[Cl][Ti][Cl]. The normalized spacial score (nSPS) is 9.00. The summed E-state index contributed by atoms with van der Waals surface area (Å²) in [6, 6.07) is 13.3. The second kappa shape index (κ2) is 6.31. The van der Waals surface area contributed by atoms with Gasteiger partial charge in [-0.2, -0.15) is 0 Å². The summed E-state index contributed by atoms with van der Waals surface area (Å²) in [6.45, 7) is 0. The zero-order valence-corrected chi connectivity index (χ0v) is 10.3. The standard InChI is InChI=1S/C10H8O.2ClH.Ti/c11-10-7-3-5-8-4-1-2-6-9(8)10;;;/h1-7,11H;2*1H;/q;;;+2/p-2. The zero-order chi connectivity index (χ0) is 10.4. The zero-order valence-electron chi connectivity index (χ0n) is 7.24. The Kier molecular flexibility index (Phi) is 5.35. The van der Waals surface area contributed by atoms with Gasteiger partial charge in [-0.15, -0.1) is 0 Å². The average molecular weight is 263 g/mol. The molecule has 0 aliphatic heterocycles. The van der Waals surface area contributed by atoms with Gasteiger partial charge in [0.05, 0.1) is 0 Å². The van der Waals surface area contributed by atoms with E-state index in [0.29, 0.717) is 5.75 Å². The van der Waals surface area contributed by atoms with E-state index in [0.717, 1.165) is 10.8 Å². The van der Waals surface area contributed by atoms with Crippen LogP contribution in [0.4, 0.5) is 0 Å². The second-order valence-electron chi connectivity index (χ2n) is 2.57. The molecule has 0 spiro atoms. The number of phenols is 1. The van der Waals surface area contributed by atoms with Gasteiger partial charge in [0.15, 0.2) is 0 Å². The van der Waals surface area contributed by atoms with Crippen molar-refractivity contribution in [2.45, 2.75) is 0 Å². The molecule has 0 aliphatic rings. The first-order valence-electron chi connectivity index (χ1n) is 3.92. The Bertz CT molecular complexity index is 401. The topological polar surface area (TPSA) is 20.2 Å². The third kappa shape index (κ3) is 3.18. The van der Waals surface area contributed by atoms with E-state index in [1.807, 2.05) is 36.4 Å². The Morgan fingerprint density at radius 3 is 2.14 bits per heavy atom. The predicted molar refractivity (Wildman–Crippen MR) is 57.3 cm³/mol. The Morgan fingerprint density at radius 2 is 1.50 bits per heavy atom. The number of hydrogen-bond acceptors (Lipinski definition) is 1. The van der Waals surface area contributed by atoms with Crippen LogP contribution in [0.2, 0.25) is 0 Å². The van der Waals surface area contributed by atoms with E-state index < -0.39 is 17.0 Å². The van der Waals surface area contributed by atoms with Crippen LogP contribution in [0.3, 0.4) is 0 Å². The van der Waals surface area contributed by atoms with Gasteiger partial charge in [-0.05, 0) is 11.5 Å². The van der Waals surface area contributed by atoms with Gasteiger partial charge in [-0.1, -0.05) is 36.4 Å². The molecule has 0 aromatic heterocycles. The summed E-state index contributed by atoms with van der Waals surface area (Å²) in [5, 5.41) is 11.4. The van der Waals surface area contributed by atoms with E-state index >= 15 is 0 Å². The Morgan fingerprint density at radius 1 is 0.929 bits per heavy atom. The van der Waals surface area contributed by atoms with Gasteiger partial charge in [0.2, 0.25) is 0 Å². The fourth-order valence-electron chi connectivity index (χ4n) is 1.21. The maximum atomic E-state index is 9.37. The summed E-state index contributed by atoms with van der Waals surface area (Å²) in [7, 11) is 9.78. The fourth-order valence-corrected chi connectivity index (χ4v) is 1.21. The van der Waals surface area contributed by atoms with E-state index in [1.54, 1.807) is 6.07 Å². The first-order valence-corrected chi connectivity index (χ1v) is 8.22. The van der Waals surface area contributed by atoms with Crippen LogP contribution in [0.15, 0.2) is 42.5 Å². The molecule has 0 unspecified atom stereocenters. The minimum atomic E-state index is -0.556. The molecule has 0 heterocycles. The van der Waals surface area contributed by atoms with Gasteiger partial charge in [0.25, 0.3) is 0 Å². The third-order valence-electron chi connectivity index (χ3n) is 1.77. The monoisotopic (exact) mass is 262 g/mol. The van der Waals surface area contributed by atoms with Gasteiger partial charge in [-0.25, -0.2) is 0 Å². The first kappa shape index (κ1) is 11.9. The van der Waals surface area contributed by atoms with Crippen molar-refractivity contribution in [3.8, 4) is 5.75 Å². The quantitative estimate of drug-likeness (QED) is 0.714. The summed E-state index contributed by atoms with van der Waals surface area (Å²) in [5.41, 5.74) is 0. The molecule has 14 heavy (non-hydrogen) atoms. The number of benzene rings is 2. The van der Waals surface area contributed by atoms with Crippen LogP contribution in [0, 0.1) is 0 Å². The summed E-state index contributed by atoms with van der Waals surface area (Å²) in [4.78, 5) is 0. The molecule has 0 atom stereocenters. The first-order chi connectivity index (χ1) is 6.79. The minimum absolute atomic E-state index is 0.350. The molecule has 0 radical (unpaired) electrons. The second-order valence-corrected chi connectivity index (χ2v) is 5.15. The molecule has 2 aromatic carbocycles. The van der Waals surface area contributed by atoms with Crippen molar-refractivity contribution >= 4 is 29.4 Å². The van der Waals surface area contributed by atoms with Crippen LogP contribution >= 0.6 is 18.6 Å². The van der Waals surface area contributed by atoms with Crippen molar-refractivity contribution in [3.63, 3.8) is 0 Å². The van der Waals surface area contributed by atoms with E-state index in [4.69, 9.17) is 18.6 Å². The Labute approximate surface area is 99.3 Å². The van der Waals surface area contributed by atoms with Crippen molar-refractivity contribution in [2.75, 3.05) is 0 Å². The molecule has 4 heteroatoms. The molecule has 72 valence electrons.